The maximum absolute atomic E-state index is 5.40. The van der Waals surface area contributed by atoms with Crippen LogP contribution in [0, 0.1) is 12.3 Å². The summed E-state index contributed by atoms with van der Waals surface area (Å²) in [6.07, 6.45) is 6.02. The van der Waals surface area contributed by atoms with E-state index in [0.717, 1.165) is 23.6 Å². The smallest absolute Gasteiger partial charge is 0.123 e. The first-order valence-corrected chi connectivity index (χ1v) is 5.65. The van der Waals surface area contributed by atoms with Gasteiger partial charge in [-0.05, 0) is 24.7 Å². The molecule has 3 heteroatoms. The van der Waals surface area contributed by atoms with Gasteiger partial charge in [0.25, 0.3) is 0 Å². The summed E-state index contributed by atoms with van der Waals surface area (Å²) in [6, 6.07) is 5.83. The zero-order valence-corrected chi connectivity index (χ0v) is 10.6. The summed E-state index contributed by atoms with van der Waals surface area (Å²) >= 11 is 0. The highest BCUT2D eigenvalue weighted by atomic mass is 16.5. The Balaban J connectivity index is 3.09. The molecule has 1 aromatic rings. The van der Waals surface area contributed by atoms with Crippen LogP contribution in [-0.4, -0.2) is 20.8 Å². The molecule has 0 aliphatic carbocycles. The number of methoxy groups -OCH3 is 2. The topological polar surface area (TPSA) is 30.5 Å². The molecule has 0 spiro atoms. The monoisotopic (exact) mass is 233 g/mol. The van der Waals surface area contributed by atoms with Crippen molar-refractivity contribution in [2.24, 2.45) is 0 Å². The van der Waals surface area contributed by atoms with Crippen LogP contribution in [-0.2, 0) is 0 Å². The van der Waals surface area contributed by atoms with Gasteiger partial charge in [0, 0.05) is 18.0 Å². The summed E-state index contributed by atoms with van der Waals surface area (Å²) in [7, 11) is 3.30. The fourth-order valence-electron chi connectivity index (χ4n) is 1.77. The molecule has 0 aliphatic heterocycles. The van der Waals surface area contributed by atoms with Gasteiger partial charge in [0.1, 0.15) is 11.5 Å². The molecule has 0 aromatic heterocycles. The summed E-state index contributed by atoms with van der Waals surface area (Å²) in [5.74, 6) is 4.31. The van der Waals surface area contributed by atoms with Crippen LogP contribution in [0.5, 0.6) is 11.5 Å². The molecule has 1 atom stereocenters. The SMILES string of the molecule is C#CCC(NCC)c1cc(OC)ccc1OC. The second kappa shape index (κ2) is 6.82. The van der Waals surface area contributed by atoms with Crippen LogP contribution in [0.3, 0.4) is 0 Å². The summed E-state index contributed by atoms with van der Waals surface area (Å²) in [5, 5.41) is 3.35. The molecule has 0 aliphatic rings. The van der Waals surface area contributed by atoms with E-state index < -0.39 is 0 Å². The van der Waals surface area contributed by atoms with E-state index in [-0.39, 0.29) is 6.04 Å². The van der Waals surface area contributed by atoms with E-state index in [1.807, 2.05) is 18.2 Å². The molecule has 0 saturated heterocycles. The van der Waals surface area contributed by atoms with Crippen molar-refractivity contribution < 1.29 is 9.47 Å². The lowest BCUT2D eigenvalue weighted by molar-refractivity contribution is 0.390. The number of hydrogen-bond donors (Lipinski definition) is 1. The van der Waals surface area contributed by atoms with Gasteiger partial charge in [0.05, 0.1) is 14.2 Å². The van der Waals surface area contributed by atoms with E-state index in [2.05, 4.69) is 18.2 Å². The van der Waals surface area contributed by atoms with Gasteiger partial charge in [0.15, 0.2) is 0 Å². The molecule has 1 unspecified atom stereocenters. The van der Waals surface area contributed by atoms with Crippen LogP contribution in [0.1, 0.15) is 24.9 Å². The van der Waals surface area contributed by atoms with Gasteiger partial charge in [-0.15, -0.1) is 12.3 Å². The Kier molecular flexibility index (Phi) is 5.38. The van der Waals surface area contributed by atoms with E-state index in [0.29, 0.717) is 6.42 Å². The molecule has 1 rings (SSSR count). The van der Waals surface area contributed by atoms with Crippen molar-refractivity contribution in [3.8, 4) is 23.8 Å². The van der Waals surface area contributed by atoms with Gasteiger partial charge in [0.2, 0.25) is 0 Å². The van der Waals surface area contributed by atoms with E-state index >= 15 is 0 Å². The third-order valence-electron chi connectivity index (χ3n) is 2.58. The highest BCUT2D eigenvalue weighted by molar-refractivity contribution is 5.42. The maximum atomic E-state index is 5.40. The average Bonchev–Trinajstić information content (AvgIpc) is 2.37. The predicted octanol–water partition coefficient (Wildman–Crippen LogP) is 2.38. The highest BCUT2D eigenvalue weighted by Gasteiger charge is 2.15. The number of benzene rings is 1. The van der Waals surface area contributed by atoms with Gasteiger partial charge < -0.3 is 14.8 Å². The van der Waals surface area contributed by atoms with Gasteiger partial charge >= 0.3 is 0 Å². The third kappa shape index (κ3) is 3.40. The van der Waals surface area contributed by atoms with Crippen LogP contribution in [0.4, 0.5) is 0 Å². The van der Waals surface area contributed by atoms with Crippen molar-refractivity contribution in [3.05, 3.63) is 23.8 Å². The molecule has 0 amide bonds. The second-order valence-electron chi connectivity index (χ2n) is 3.63. The number of hydrogen-bond acceptors (Lipinski definition) is 3. The van der Waals surface area contributed by atoms with E-state index in [4.69, 9.17) is 15.9 Å². The zero-order valence-electron chi connectivity index (χ0n) is 10.6. The average molecular weight is 233 g/mol. The Labute approximate surface area is 103 Å². The molecule has 3 nitrogen and oxygen atoms in total. The maximum Gasteiger partial charge on any atom is 0.123 e. The molecule has 0 fully saturated rings. The molecule has 17 heavy (non-hydrogen) atoms. The molecule has 0 heterocycles. The van der Waals surface area contributed by atoms with Crippen molar-refractivity contribution in [1.82, 2.24) is 5.32 Å². The number of rotatable bonds is 6. The summed E-state index contributed by atoms with van der Waals surface area (Å²) < 4.78 is 10.6. The molecule has 1 N–H and O–H groups in total. The standard InChI is InChI=1S/C14H19NO2/c1-5-7-13(15-6-2)12-10-11(16-3)8-9-14(12)17-4/h1,8-10,13,15H,6-7H2,2-4H3. The first-order valence-electron chi connectivity index (χ1n) is 5.65. The summed E-state index contributed by atoms with van der Waals surface area (Å²) in [4.78, 5) is 0. The number of terminal acetylenes is 1. The van der Waals surface area contributed by atoms with Gasteiger partial charge in [-0.3, -0.25) is 0 Å². The van der Waals surface area contributed by atoms with Crippen molar-refractivity contribution in [1.29, 1.82) is 0 Å². The minimum Gasteiger partial charge on any atom is -0.497 e. The number of ether oxygens (including phenoxy) is 2. The van der Waals surface area contributed by atoms with Crippen LogP contribution >= 0.6 is 0 Å². The first-order chi connectivity index (χ1) is 8.26. The third-order valence-corrected chi connectivity index (χ3v) is 2.58. The molecular formula is C14H19NO2. The Morgan fingerprint density at radius 2 is 2.12 bits per heavy atom. The minimum atomic E-state index is 0.0926. The van der Waals surface area contributed by atoms with Gasteiger partial charge in [-0.1, -0.05) is 6.92 Å². The van der Waals surface area contributed by atoms with E-state index in [1.165, 1.54) is 0 Å². The van der Waals surface area contributed by atoms with E-state index in [1.54, 1.807) is 14.2 Å². The van der Waals surface area contributed by atoms with Crippen molar-refractivity contribution in [3.63, 3.8) is 0 Å². The lowest BCUT2D eigenvalue weighted by Gasteiger charge is -2.19. The van der Waals surface area contributed by atoms with Crippen LogP contribution in [0.2, 0.25) is 0 Å². The second-order valence-corrected chi connectivity index (χ2v) is 3.63. The zero-order chi connectivity index (χ0) is 12.7. The van der Waals surface area contributed by atoms with Gasteiger partial charge in [-0.25, -0.2) is 0 Å². The lowest BCUT2D eigenvalue weighted by atomic mass is 10.0. The van der Waals surface area contributed by atoms with Gasteiger partial charge in [-0.2, -0.15) is 0 Å². The lowest BCUT2D eigenvalue weighted by Crippen LogP contribution is -2.21. The first kappa shape index (κ1) is 13.4. The predicted molar refractivity (Wildman–Crippen MR) is 69.4 cm³/mol. The van der Waals surface area contributed by atoms with Crippen LogP contribution < -0.4 is 14.8 Å². The largest absolute Gasteiger partial charge is 0.497 e. The van der Waals surface area contributed by atoms with Crippen LogP contribution in [0.15, 0.2) is 18.2 Å². The normalized spacial score (nSPS) is 11.6. The summed E-state index contributed by atoms with van der Waals surface area (Å²) in [5.41, 5.74) is 1.03. The minimum absolute atomic E-state index is 0.0926. The van der Waals surface area contributed by atoms with Crippen molar-refractivity contribution in [2.45, 2.75) is 19.4 Å². The van der Waals surface area contributed by atoms with Crippen molar-refractivity contribution in [2.75, 3.05) is 20.8 Å². The molecule has 0 bridgehead atoms. The Hall–Kier alpha value is -1.66. The Morgan fingerprint density at radius 3 is 2.65 bits per heavy atom. The summed E-state index contributed by atoms with van der Waals surface area (Å²) in [6.45, 7) is 2.91. The molecule has 0 saturated carbocycles. The molecule has 92 valence electrons. The quantitative estimate of drug-likeness (QED) is 0.765. The Morgan fingerprint density at radius 1 is 1.35 bits per heavy atom. The van der Waals surface area contributed by atoms with Crippen LogP contribution in [0.25, 0.3) is 0 Å². The number of nitrogens with one attached hydrogen (secondary N) is 1. The fourth-order valence-corrected chi connectivity index (χ4v) is 1.77. The molecule has 0 radical (unpaired) electrons. The Bertz CT molecular complexity index is 396. The molecular weight excluding hydrogens is 214 g/mol. The highest BCUT2D eigenvalue weighted by Crippen LogP contribution is 2.30. The van der Waals surface area contributed by atoms with E-state index in [9.17, 15) is 0 Å². The molecule has 1 aromatic carbocycles. The van der Waals surface area contributed by atoms with Crippen molar-refractivity contribution >= 4 is 0 Å². The fraction of sp³-hybridized carbons (Fsp3) is 0.429.